The van der Waals surface area contributed by atoms with Crippen molar-refractivity contribution in [2.45, 2.75) is 51.5 Å². The molecule has 1 aliphatic rings. The first-order valence-electron chi connectivity index (χ1n) is 6.51. The second-order valence-corrected chi connectivity index (χ2v) is 4.76. The van der Waals surface area contributed by atoms with Gasteiger partial charge >= 0.3 is 5.97 Å². The number of esters is 1. The Bertz CT molecular complexity index is 255. The minimum Gasteiger partial charge on any atom is -0.465 e. The molecule has 0 N–H and O–H groups in total. The van der Waals surface area contributed by atoms with Crippen molar-refractivity contribution < 1.29 is 14.3 Å². The molecular formula is C13H23NO3. The number of Topliss-reactive ketones (excluding diaryl/α,β-unsaturated/α-hetero) is 1. The molecule has 0 atom stereocenters. The van der Waals surface area contributed by atoms with Gasteiger partial charge in [-0.05, 0) is 26.3 Å². The van der Waals surface area contributed by atoms with Crippen LogP contribution in [0.4, 0.5) is 0 Å². The van der Waals surface area contributed by atoms with Crippen molar-refractivity contribution in [2.24, 2.45) is 0 Å². The normalized spacial score (nSPS) is 17.5. The monoisotopic (exact) mass is 241 g/mol. The van der Waals surface area contributed by atoms with Crippen molar-refractivity contribution in [3.8, 4) is 0 Å². The van der Waals surface area contributed by atoms with E-state index in [1.54, 1.807) is 0 Å². The van der Waals surface area contributed by atoms with Crippen LogP contribution in [0.15, 0.2) is 0 Å². The first-order chi connectivity index (χ1) is 8.13. The maximum atomic E-state index is 11.5. The van der Waals surface area contributed by atoms with Crippen LogP contribution < -0.4 is 0 Å². The molecule has 0 aromatic rings. The smallest absolute Gasteiger partial charge is 0.320 e. The molecule has 17 heavy (non-hydrogen) atoms. The van der Waals surface area contributed by atoms with Gasteiger partial charge in [-0.1, -0.05) is 13.3 Å². The van der Waals surface area contributed by atoms with Gasteiger partial charge in [0, 0.05) is 18.9 Å². The van der Waals surface area contributed by atoms with Gasteiger partial charge in [0.25, 0.3) is 0 Å². The first kappa shape index (κ1) is 14.2. The van der Waals surface area contributed by atoms with E-state index in [2.05, 4.69) is 6.92 Å². The van der Waals surface area contributed by atoms with Crippen molar-refractivity contribution in [3.63, 3.8) is 0 Å². The molecule has 0 spiro atoms. The largest absolute Gasteiger partial charge is 0.465 e. The summed E-state index contributed by atoms with van der Waals surface area (Å²) in [4.78, 5) is 24.6. The van der Waals surface area contributed by atoms with E-state index in [1.165, 1.54) is 0 Å². The number of ether oxygens (including phenoxy) is 1. The molecular weight excluding hydrogens is 218 g/mol. The van der Waals surface area contributed by atoms with E-state index in [-0.39, 0.29) is 5.97 Å². The Morgan fingerprint density at radius 3 is 2.65 bits per heavy atom. The van der Waals surface area contributed by atoms with Gasteiger partial charge in [0.05, 0.1) is 13.2 Å². The van der Waals surface area contributed by atoms with Crippen molar-refractivity contribution >= 4 is 11.8 Å². The lowest BCUT2D eigenvalue weighted by molar-refractivity contribution is -0.145. The average Bonchev–Trinajstić information content (AvgIpc) is 2.30. The van der Waals surface area contributed by atoms with Gasteiger partial charge in [-0.2, -0.15) is 0 Å². The molecule has 0 heterocycles. The van der Waals surface area contributed by atoms with Gasteiger partial charge in [0.1, 0.15) is 5.78 Å². The summed E-state index contributed by atoms with van der Waals surface area (Å²) in [6.07, 6.45) is 5.01. The molecule has 0 radical (unpaired) electrons. The van der Waals surface area contributed by atoms with Gasteiger partial charge in [0.15, 0.2) is 0 Å². The predicted octanol–water partition coefficient (Wildman–Crippen LogP) is 1.77. The number of hydrogen-bond acceptors (Lipinski definition) is 4. The molecule has 0 aliphatic heterocycles. The van der Waals surface area contributed by atoms with E-state index in [0.29, 0.717) is 37.8 Å². The summed E-state index contributed by atoms with van der Waals surface area (Å²) in [5, 5.41) is 0. The summed E-state index contributed by atoms with van der Waals surface area (Å²) < 4.78 is 5.12. The van der Waals surface area contributed by atoms with Crippen molar-refractivity contribution in [3.05, 3.63) is 0 Å². The SMILES string of the molecule is CCCCOC(=O)CN(C)C1CCC(=O)CC1. The number of carbonyl (C=O) groups is 2. The third-order valence-electron chi connectivity index (χ3n) is 3.28. The molecule has 1 aliphatic carbocycles. The summed E-state index contributed by atoms with van der Waals surface area (Å²) in [5.41, 5.74) is 0. The summed E-state index contributed by atoms with van der Waals surface area (Å²) in [6.45, 7) is 2.92. The van der Waals surface area contributed by atoms with Crippen LogP contribution in [0.1, 0.15) is 45.4 Å². The molecule has 0 aromatic carbocycles. The number of nitrogens with zero attached hydrogens (tertiary/aromatic N) is 1. The molecule has 0 bridgehead atoms. The lowest BCUT2D eigenvalue weighted by Crippen LogP contribution is -2.39. The fourth-order valence-electron chi connectivity index (χ4n) is 2.07. The fourth-order valence-corrected chi connectivity index (χ4v) is 2.07. The lowest BCUT2D eigenvalue weighted by Gasteiger charge is -2.29. The molecule has 1 fully saturated rings. The zero-order chi connectivity index (χ0) is 12.7. The Morgan fingerprint density at radius 2 is 2.06 bits per heavy atom. The Kier molecular flexibility index (Phi) is 6.19. The van der Waals surface area contributed by atoms with Crippen LogP contribution in [-0.2, 0) is 14.3 Å². The van der Waals surface area contributed by atoms with Crippen LogP contribution >= 0.6 is 0 Å². The molecule has 0 saturated heterocycles. The summed E-state index contributed by atoms with van der Waals surface area (Å²) in [7, 11) is 1.93. The third-order valence-corrected chi connectivity index (χ3v) is 3.28. The number of likely N-dealkylation sites (N-methyl/N-ethyl adjacent to an activating group) is 1. The molecule has 0 unspecified atom stereocenters. The van der Waals surface area contributed by atoms with Crippen LogP contribution in [0.3, 0.4) is 0 Å². The maximum Gasteiger partial charge on any atom is 0.320 e. The number of unbranched alkanes of at least 4 members (excludes halogenated alkanes) is 1. The van der Waals surface area contributed by atoms with Crippen molar-refractivity contribution in [1.82, 2.24) is 4.90 Å². The molecule has 4 heteroatoms. The Morgan fingerprint density at radius 1 is 1.41 bits per heavy atom. The first-order valence-corrected chi connectivity index (χ1v) is 6.51. The van der Waals surface area contributed by atoms with Crippen LogP contribution in [0.2, 0.25) is 0 Å². The summed E-state index contributed by atoms with van der Waals surface area (Å²) >= 11 is 0. The second kappa shape index (κ2) is 7.43. The van der Waals surface area contributed by atoms with Gasteiger partial charge in [0.2, 0.25) is 0 Å². The maximum absolute atomic E-state index is 11.5. The number of ketones is 1. The van der Waals surface area contributed by atoms with E-state index < -0.39 is 0 Å². The Balaban J connectivity index is 2.21. The highest BCUT2D eigenvalue weighted by molar-refractivity contribution is 5.79. The van der Waals surface area contributed by atoms with E-state index >= 15 is 0 Å². The zero-order valence-corrected chi connectivity index (χ0v) is 10.9. The van der Waals surface area contributed by atoms with E-state index in [1.807, 2.05) is 11.9 Å². The number of carbonyl (C=O) groups excluding carboxylic acids is 2. The van der Waals surface area contributed by atoms with Crippen LogP contribution in [-0.4, -0.2) is 42.9 Å². The molecule has 0 aromatic heterocycles. The molecule has 98 valence electrons. The Hall–Kier alpha value is -0.900. The van der Waals surface area contributed by atoms with E-state index in [4.69, 9.17) is 4.74 Å². The van der Waals surface area contributed by atoms with Crippen molar-refractivity contribution in [1.29, 1.82) is 0 Å². The number of rotatable bonds is 6. The minimum absolute atomic E-state index is 0.155. The molecule has 0 amide bonds. The topological polar surface area (TPSA) is 46.6 Å². The minimum atomic E-state index is -0.155. The van der Waals surface area contributed by atoms with E-state index in [0.717, 1.165) is 25.7 Å². The summed E-state index contributed by atoms with van der Waals surface area (Å²) in [6, 6.07) is 0.353. The highest BCUT2D eigenvalue weighted by Gasteiger charge is 2.23. The van der Waals surface area contributed by atoms with E-state index in [9.17, 15) is 9.59 Å². The molecule has 4 nitrogen and oxygen atoms in total. The summed E-state index contributed by atoms with van der Waals surface area (Å²) in [5.74, 6) is 0.193. The zero-order valence-electron chi connectivity index (χ0n) is 10.9. The highest BCUT2D eigenvalue weighted by Crippen LogP contribution is 2.19. The van der Waals surface area contributed by atoms with Gasteiger partial charge in [-0.25, -0.2) is 0 Å². The highest BCUT2D eigenvalue weighted by atomic mass is 16.5. The second-order valence-electron chi connectivity index (χ2n) is 4.76. The number of hydrogen-bond donors (Lipinski definition) is 0. The van der Waals surface area contributed by atoms with Gasteiger partial charge in [-0.15, -0.1) is 0 Å². The van der Waals surface area contributed by atoms with Crippen LogP contribution in [0.25, 0.3) is 0 Å². The van der Waals surface area contributed by atoms with Crippen LogP contribution in [0.5, 0.6) is 0 Å². The van der Waals surface area contributed by atoms with Crippen LogP contribution in [0, 0.1) is 0 Å². The van der Waals surface area contributed by atoms with Gasteiger partial charge < -0.3 is 4.74 Å². The van der Waals surface area contributed by atoms with Gasteiger partial charge in [-0.3, -0.25) is 14.5 Å². The quantitative estimate of drug-likeness (QED) is 0.525. The lowest BCUT2D eigenvalue weighted by atomic mass is 9.93. The average molecular weight is 241 g/mol. The third kappa shape index (κ3) is 5.31. The molecule has 1 saturated carbocycles. The van der Waals surface area contributed by atoms with Crippen molar-refractivity contribution in [2.75, 3.05) is 20.2 Å². The molecule has 1 rings (SSSR count). The fraction of sp³-hybridized carbons (Fsp3) is 0.846. The standard InChI is InChI=1S/C13H23NO3/c1-3-4-9-17-13(16)10-14(2)11-5-7-12(15)8-6-11/h11H,3-10H2,1-2H3. The Labute approximate surface area is 103 Å². The predicted molar refractivity (Wildman–Crippen MR) is 65.8 cm³/mol.